The third-order valence-corrected chi connectivity index (χ3v) is 3.78. The van der Waals surface area contributed by atoms with Crippen LogP contribution in [-0.2, 0) is 14.3 Å². The average molecular weight is 404 g/mol. The van der Waals surface area contributed by atoms with E-state index in [1.54, 1.807) is 27.7 Å². The third kappa shape index (κ3) is 4.11. The zero-order chi connectivity index (χ0) is 14.8. The number of carbonyl (C=O) groups excluding carboxylic acids is 2. The number of rotatable bonds is 2. The van der Waals surface area contributed by atoms with E-state index in [-0.39, 0.29) is 9.99 Å². The van der Waals surface area contributed by atoms with Gasteiger partial charge in [0.05, 0.1) is 0 Å². The number of hydrogen-bond acceptors (Lipinski definition) is 4. The van der Waals surface area contributed by atoms with Crippen LogP contribution in [0.25, 0.3) is 0 Å². The molecule has 0 aliphatic carbocycles. The highest BCUT2D eigenvalue weighted by molar-refractivity contribution is 14.1. The molecule has 1 rings (SSSR count). The second kappa shape index (κ2) is 6.03. The van der Waals surface area contributed by atoms with Crippen LogP contribution in [0.4, 0.5) is 4.79 Å². The Morgan fingerprint density at radius 1 is 1.47 bits per heavy atom. The summed E-state index contributed by atoms with van der Waals surface area (Å²) in [6, 6.07) is -0.220. The molecular formula is C12H19ClINO4. The van der Waals surface area contributed by atoms with Crippen LogP contribution in [-0.4, -0.2) is 44.6 Å². The van der Waals surface area contributed by atoms with E-state index in [9.17, 15) is 9.59 Å². The molecule has 1 aliphatic rings. The number of halogens is 2. The van der Waals surface area contributed by atoms with Gasteiger partial charge in [-0.25, -0.2) is 9.59 Å². The Kier molecular flexibility index (Phi) is 5.34. The van der Waals surface area contributed by atoms with E-state index < -0.39 is 23.2 Å². The molecule has 2 unspecified atom stereocenters. The summed E-state index contributed by atoms with van der Waals surface area (Å²) >= 11 is 7.64. The molecule has 1 aliphatic heterocycles. The minimum absolute atomic E-state index is 0.179. The zero-order valence-electron chi connectivity index (χ0n) is 11.5. The molecule has 7 heteroatoms. The minimum atomic E-state index is -1.01. The largest absolute Gasteiger partial charge is 0.448 e. The molecule has 1 saturated heterocycles. The fraction of sp³-hybridized carbons (Fsp3) is 0.833. The van der Waals surface area contributed by atoms with Gasteiger partial charge in [0.25, 0.3) is 0 Å². The van der Waals surface area contributed by atoms with Gasteiger partial charge in [-0.3, -0.25) is 4.90 Å². The molecule has 0 bridgehead atoms. The maximum absolute atomic E-state index is 12.2. The summed E-state index contributed by atoms with van der Waals surface area (Å²) in [6.07, 6.45) is 0.0309. The van der Waals surface area contributed by atoms with Crippen molar-refractivity contribution in [1.82, 2.24) is 4.90 Å². The van der Waals surface area contributed by atoms with Gasteiger partial charge in [-0.1, -0.05) is 34.2 Å². The highest BCUT2D eigenvalue weighted by Gasteiger charge is 2.51. The first-order chi connectivity index (χ1) is 8.60. The summed E-state index contributed by atoms with van der Waals surface area (Å²) in [6.45, 7) is 7.51. The van der Waals surface area contributed by atoms with Gasteiger partial charge in [0.15, 0.2) is 6.07 Å². The molecule has 110 valence electrons. The van der Waals surface area contributed by atoms with Crippen molar-refractivity contribution in [2.75, 3.05) is 12.6 Å². The van der Waals surface area contributed by atoms with E-state index in [2.05, 4.69) is 22.6 Å². The lowest BCUT2D eigenvalue weighted by molar-refractivity contribution is -0.153. The Morgan fingerprint density at radius 2 is 2.05 bits per heavy atom. The fourth-order valence-electron chi connectivity index (χ4n) is 2.00. The quantitative estimate of drug-likeness (QED) is 0.404. The maximum Gasteiger partial charge on any atom is 0.411 e. The summed E-state index contributed by atoms with van der Waals surface area (Å²) in [7, 11) is 0. The highest BCUT2D eigenvalue weighted by atomic mass is 127. The first kappa shape index (κ1) is 16.8. The van der Waals surface area contributed by atoms with Crippen LogP contribution in [0.15, 0.2) is 0 Å². The van der Waals surface area contributed by atoms with Crippen molar-refractivity contribution in [3.8, 4) is 0 Å². The van der Waals surface area contributed by atoms with Crippen LogP contribution in [0.5, 0.6) is 0 Å². The zero-order valence-corrected chi connectivity index (χ0v) is 14.4. The molecule has 0 saturated carbocycles. The van der Waals surface area contributed by atoms with Crippen molar-refractivity contribution in [3.63, 3.8) is 0 Å². The lowest BCUT2D eigenvalue weighted by atomic mass is 9.99. The highest BCUT2D eigenvalue weighted by Crippen LogP contribution is 2.35. The summed E-state index contributed by atoms with van der Waals surface area (Å²) in [5.41, 5.74) is -1.61. The molecule has 2 atom stereocenters. The molecule has 0 spiro atoms. The maximum atomic E-state index is 12.2. The van der Waals surface area contributed by atoms with Crippen LogP contribution < -0.4 is 0 Å². The Balaban J connectivity index is 2.91. The molecule has 0 aromatic rings. The predicted octanol–water partition coefficient (Wildman–Crippen LogP) is 2.93. The summed E-state index contributed by atoms with van der Waals surface area (Å²) < 4.78 is 10.4. The first-order valence-electron chi connectivity index (χ1n) is 5.98. The second-order valence-electron chi connectivity index (χ2n) is 5.71. The molecule has 0 N–H and O–H groups in total. The molecule has 5 nitrogen and oxygen atoms in total. The summed E-state index contributed by atoms with van der Waals surface area (Å²) in [5.74, 6) is -0.493. The van der Waals surface area contributed by atoms with Crippen LogP contribution >= 0.6 is 34.2 Å². The van der Waals surface area contributed by atoms with E-state index in [0.717, 1.165) is 0 Å². The van der Waals surface area contributed by atoms with Crippen LogP contribution in [0.1, 0.15) is 34.1 Å². The molecule has 0 aromatic carbocycles. The number of carbonyl (C=O) groups is 2. The summed E-state index contributed by atoms with van der Waals surface area (Å²) in [4.78, 5) is 25.7. The van der Waals surface area contributed by atoms with Crippen LogP contribution in [0, 0.1) is 0 Å². The Labute approximate surface area is 132 Å². The monoisotopic (exact) mass is 403 g/mol. The molecule has 0 radical (unpaired) electrons. The molecule has 1 amide bonds. The van der Waals surface area contributed by atoms with Gasteiger partial charge in [0.1, 0.15) is 11.1 Å². The number of hydrogen-bond donors (Lipinski definition) is 0. The smallest absolute Gasteiger partial charge is 0.411 e. The number of likely N-dealkylation sites (tertiary alicyclic amines) is 1. The van der Waals surface area contributed by atoms with E-state index in [4.69, 9.17) is 21.1 Å². The predicted molar refractivity (Wildman–Crippen MR) is 80.6 cm³/mol. The minimum Gasteiger partial charge on any atom is -0.448 e. The number of nitrogens with zero attached hydrogens (tertiary/aromatic N) is 1. The van der Waals surface area contributed by atoms with E-state index >= 15 is 0 Å². The van der Waals surface area contributed by atoms with E-state index in [1.165, 1.54) is 4.90 Å². The number of alkyl halides is 2. The van der Waals surface area contributed by atoms with Gasteiger partial charge < -0.3 is 9.47 Å². The number of ether oxygens (including phenoxy) is 2. The van der Waals surface area contributed by atoms with Crippen molar-refractivity contribution >= 4 is 46.3 Å². The van der Waals surface area contributed by atoms with Gasteiger partial charge in [-0.05, 0) is 34.1 Å². The first-order valence-corrected chi connectivity index (χ1v) is 7.76. The van der Waals surface area contributed by atoms with Crippen molar-refractivity contribution < 1.29 is 19.1 Å². The Hall–Kier alpha value is -0.240. The van der Waals surface area contributed by atoms with E-state index in [0.29, 0.717) is 13.0 Å². The second-order valence-corrected chi connectivity index (χ2v) is 7.69. The number of esters is 1. The fourth-order valence-corrected chi connectivity index (χ4v) is 3.35. The van der Waals surface area contributed by atoms with Crippen molar-refractivity contribution in [2.24, 2.45) is 0 Å². The van der Waals surface area contributed by atoms with Crippen molar-refractivity contribution in [2.45, 2.75) is 49.2 Å². The standard InChI is InChI=1S/C12H19ClINO4/c1-11(2,3)19-10(17)15-6-8(14)5-12(15,4)9(16)18-7-13/h8H,5-7H2,1-4H3. The van der Waals surface area contributed by atoms with Gasteiger partial charge >= 0.3 is 12.1 Å². The normalized spacial score (nSPS) is 27.3. The molecule has 1 fully saturated rings. The van der Waals surface area contributed by atoms with Crippen molar-refractivity contribution in [3.05, 3.63) is 0 Å². The van der Waals surface area contributed by atoms with Gasteiger partial charge in [-0.15, -0.1) is 0 Å². The molecule has 19 heavy (non-hydrogen) atoms. The summed E-state index contributed by atoms with van der Waals surface area (Å²) in [5, 5.41) is 0. The van der Waals surface area contributed by atoms with Gasteiger partial charge in [0.2, 0.25) is 0 Å². The average Bonchev–Trinajstić information content (AvgIpc) is 2.53. The van der Waals surface area contributed by atoms with E-state index in [1.807, 2.05) is 0 Å². The van der Waals surface area contributed by atoms with Crippen molar-refractivity contribution in [1.29, 1.82) is 0 Å². The van der Waals surface area contributed by atoms with Crippen LogP contribution in [0.2, 0.25) is 0 Å². The third-order valence-electron chi connectivity index (χ3n) is 2.83. The molecule has 1 heterocycles. The Bertz CT molecular complexity index is 371. The van der Waals surface area contributed by atoms with Gasteiger partial charge in [-0.2, -0.15) is 0 Å². The lowest BCUT2D eigenvalue weighted by Gasteiger charge is -2.33. The molecular weight excluding hydrogens is 384 g/mol. The molecule has 0 aromatic heterocycles. The Morgan fingerprint density at radius 3 is 2.53 bits per heavy atom. The van der Waals surface area contributed by atoms with Crippen LogP contribution in [0.3, 0.4) is 0 Å². The van der Waals surface area contributed by atoms with Gasteiger partial charge in [0, 0.05) is 10.5 Å². The topological polar surface area (TPSA) is 55.8 Å². The number of amides is 1. The lowest BCUT2D eigenvalue weighted by Crippen LogP contribution is -2.52. The SMILES string of the molecule is CC(C)(C)OC(=O)N1CC(I)CC1(C)C(=O)OCCl.